The molecule has 1 aromatic rings. The first-order valence-corrected chi connectivity index (χ1v) is 4.10. The van der Waals surface area contributed by atoms with E-state index in [4.69, 9.17) is 9.52 Å². The molecule has 0 spiro atoms. The minimum Gasteiger partial charge on any atom is -0.480 e. The lowest BCUT2D eigenvalue weighted by molar-refractivity contribution is -0.139. The lowest BCUT2D eigenvalue weighted by Crippen LogP contribution is -2.42. The predicted molar refractivity (Wildman–Crippen MR) is 49.0 cm³/mol. The summed E-state index contributed by atoms with van der Waals surface area (Å²) in [5.41, 5.74) is 0. The van der Waals surface area contributed by atoms with Crippen molar-refractivity contribution < 1.29 is 19.1 Å². The van der Waals surface area contributed by atoms with E-state index in [0.29, 0.717) is 0 Å². The van der Waals surface area contributed by atoms with Crippen molar-refractivity contribution in [1.29, 1.82) is 0 Å². The van der Waals surface area contributed by atoms with Gasteiger partial charge in [-0.05, 0) is 13.0 Å². The molecule has 5 heteroatoms. The van der Waals surface area contributed by atoms with E-state index in [1.54, 1.807) is 12.1 Å². The Kier molecular flexibility index (Phi) is 2.91. The van der Waals surface area contributed by atoms with Crippen LogP contribution in [0.4, 0.5) is 5.88 Å². The highest BCUT2D eigenvalue weighted by molar-refractivity contribution is 5.96. The van der Waals surface area contributed by atoms with Crippen LogP contribution in [0, 0.1) is 0 Å². The topological polar surface area (TPSA) is 70.8 Å². The summed E-state index contributed by atoms with van der Waals surface area (Å²) in [6, 6.07) is 2.21. The molecule has 1 atom stereocenters. The van der Waals surface area contributed by atoms with E-state index in [1.807, 2.05) is 0 Å². The first-order valence-electron chi connectivity index (χ1n) is 4.10. The van der Waals surface area contributed by atoms with Gasteiger partial charge in [-0.2, -0.15) is 0 Å². The van der Waals surface area contributed by atoms with Crippen LogP contribution in [-0.2, 0) is 9.59 Å². The predicted octanol–water partition coefficient (Wildman–Crippen LogP) is 1.11. The van der Waals surface area contributed by atoms with Crippen LogP contribution in [0.1, 0.15) is 13.8 Å². The van der Waals surface area contributed by atoms with Crippen LogP contribution in [0.5, 0.6) is 0 Å². The van der Waals surface area contributed by atoms with E-state index in [1.165, 1.54) is 20.1 Å². The number of nitrogens with zero attached hydrogens (tertiary/aromatic N) is 1. The van der Waals surface area contributed by atoms with Crippen LogP contribution in [0.15, 0.2) is 22.8 Å². The van der Waals surface area contributed by atoms with Crippen LogP contribution in [0.25, 0.3) is 0 Å². The van der Waals surface area contributed by atoms with Gasteiger partial charge in [0.1, 0.15) is 6.04 Å². The van der Waals surface area contributed by atoms with Crippen molar-refractivity contribution in [2.75, 3.05) is 4.90 Å². The molecule has 0 saturated carbocycles. The van der Waals surface area contributed by atoms with Crippen molar-refractivity contribution >= 4 is 17.8 Å². The molecule has 0 aromatic carbocycles. The van der Waals surface area contributed by atoms with Crippen LogP contribution in [-0.4, -0.2) is 23.0 Å². The summed E-state index contributed by atoms with van der Waals surface area (Å²) in [7, 11) is 0. The Labute approximate surface area is 80.9 Å². The molecule has 0 unspecified atom stereocenters. The molecule has 14 heavy (non-hydrogen) atoms. The summed E-state index contributed by atoms with van der Waals surface area (Å²) in [4.78, 5) is 23.0. The van der Waals surface area contributed by atoms with Gasteiger partial charge < -0.3 is 9.52 Å². The zero-order valence-corrected chi connectivity index (χ0v) is 7.93. The number of amides is 1. The number of aliphatic carboxylic acids is 1. The zero-order valence-electron chi connectivity index (χ0n) is 7.93. The van der Waals surface area contributed by atoms with Crippen molar-refractivity contribution in [3.05, 3.63) is 18.4 Å². The number of carbonyl (C=O) groups excluding carboxylic acids is 1. The molecule has 0 aliphatic heterocycles. The van der Waals surface area contributed by atoms with Gasteiger partial charge in [0.15, 0.2) is 0 Å². The summed E-state index contributed by atoms with van der Waals surface area (Å²) in [5.74, 6) is -1.20. The number of anilines is 1. The molecule has 0 aliphatic carbocycles. The van der Waals surface area contributed by atoms with Gasteiger partial charge in [-0.1, -0.05) is 0 Å². The number of hydrogen-bond donors (Lipinski definition) is 1. The minimum absolute atomic E-state index is 0.243. The van der Waals surface area contributed by atoms with E-state index in [0.717, 1.165) is 4.90 Å². The second-order valence-electron chi connectivity index (χ2n) is 2.85. The number of carboxylic acids is 1. The highest BCUT2D eigenvalue weighted by Gasteiger charge is 2.26. The fraction of sp³-hybridized carbons (Fsp3) is 0.333. The summed E-state index contributed by atoms with van der Waals surface area (Å²) in [6.07, 6.45) is 1.39. The summed E-state index contributed by atoms with van der Waals surface area (Å²) in [5, 5.41) is 8.76. The molecular weight excluding hydrogens is 186 g/mol. The van der Waals surface area contributed by atoms with Crippen molar-refractivity contribution in [3.8, 4) is 0 Å². The second kappa shape index (κ2) is 3.95. The van der Waals surface area contributed by atoms with Gasteiger partial charge in [-0.3, -0.25) is 9.69 Å². The average molecular weight is 197 g/mol. The summed E-state index contributed by atoms with van der Waals surface area (Å²) in [6.45, 7) is 2.72. The van der Waals surface area contributed by atoms with Gasteiger partial charge in [-0.15, -0.1) is 0 Å². The van der Waals surface area contributed by atoms with E-state index in [-0.39, 0.29) is 11.8 Å². The molecule has 0 aliphatic rings. The van der Waals surface area contributed by atoms with E-state index < -0.39 is 12.0 Å². The van der Waals surface area contributed by atoms with Gasteiger partial charge in [0.25, 0.3) is 0 Å². The molecule has 0 radical (unpaired) electrons. The molecule has 0 bridgehead atoms. The van der Waals surface area contributed by atoms with E-state index in [9.17, 15) is 9.59 Å². The number of carboxylic acid groups (broad SMARTS) is 1. The van der Waals surface area contributed by atoms with Crippen molar-refractivity contribution in [1.82, 2.24) is 0 Å². The van der Waals surface area contributed by atoms with E-state index in [2.05, 4.69) is 0 Å². The second-order valence-corrected chi connectivity index (χ2v) is 2.85. The van der Waals surface area contributed by atoms with Crippen LogP contribution in [0.2, 0.25) is 0 Å². The maximum absolute atomic E-state index is 11.2. The van der Waals surface area contributed by atoms with Gasteiger partial charge in [-0.25, -0.2) is 4.79 Å². The number of furan rings is 1. The molecule has 0 saturated heterocycles. The highest BCUT2D eigenvalue weighted by atomic mass is 16.4. The van der Waals surface area contributed by atoms with Crippen LogP contribution < -0.4 is 4.90 Å². The van der Waals surface area contributed by atoms with Gasteiger partial charge in [0.05, 0.1) is 6.26 Å². The lowest BCUT2D eigenvalue weighted by atomic mass is 10.3. The monoisotopic (exact) mass is 197 g/mol. The van der Waals surface area contributed by atoms with Gasteiger partial charge in [0, 0.05) is 13.0 Å². The van der Waals surface area contributed by atoms with Crippen molar-refractivity contribution in [2.45, 2.75) is 19.9 Å². The molecule has 1 N–H and O–H groups in total. The van der Waals surface area contributed by atoms with Crippen LogP contribution in [0.3, 0.4) is 0 Å². The summed E-state index contributed by atoms with van der Waals surface area (Å²) < 4.78 is 4.97. The molecule has 1 aromatic heterocycles. The molecule has 1 heterocycles. The standard InChI is InChI=1S/C9H11NO4/c1-6(9(12)13)10(7(2)11)8-4-3-5-14-8/h3-6H,1-2H3,(H,12,13)/t6-/m0/s1. The molecule has 76 valence electrons. The lowest BCUT2D eigenvalue weighted by Gasteiger charge is -2.21. The molecule has 5 nitrogen and oxygen atoms in total. The first kappa shape index (κ1) is 10.3. The SMILES string of the molecule is CC(=O)N(c1ccco1)[C@@H](C)C(=O)O. The number of carbonyl (C=O) groups is 2. The molecule has 1 rings (SSSR count). The number of rotatable bonds is 3. The molecule has 1 amide bonds. The molecule has 0 fully saturated rings. The van der Waals surface area contributed by atoms with Gasteiger partial charge >= 0.3 is 5.97 Å². The largest absolute Gasteiger partial charge is 0.480 e. The Morgan fingerprint density at radius 3 is 2.57 bits per heavy atom. The Morgan fingerprint density at radius 1 is 1.57 bits per heavy atom. The maximum atomic E-state index is 11.2. The Bertz CT molecular complexity index is 331. The maximum Gasteiger partial charge on any atom is 0.326 e. The third kappa shape index (κ3) is 1.93. The summed E-state index contributed by atoms with van der Waals surface area (Å²) >= 11 is 0. The third-order valence-corrected chi connectivity index (χ3v) is 1.83. The Morgan fingerprint density at radius 2 is 2.21 bits per heavy atom. The normalized spacial score (nSPS) is 12.1. The Balaban J connectivity index is 2.97. The Hall–Kier alpha value is -1.78. The molecular formula is C9H11NO4. The quantitative estimate of drug-likeness (QED) is 0.787. The minimum atomic E-state index is -1.07. The van der Waals surface area contributed by atoms with Crippen LogP contribution >= 0.6 is 0 Å². The highest BCUT2D eigenvalue weighted by Crippen LogP contribution is 2.17. The fourth-order valence-corrected chi connectivity index (χ4v) is 1.14. The fourth-order valence-electron chi connectivity index (χ4n) is 1.14. The van der Waals surface area contributed by atoms with Gasteiger partial charge in [0.2, 0.25) is 11.8 Å². The average Bonchev–Trinajstić information content (AvgIpc) is 2.56. The first-order chi connectivity index (χ1) is 6.54. The van der Waals surface area contributed by atoms with Crippen molar-refractivity contribution in [3.63, 3.8) is 0 Å². The number of hydrogen-bond acceptors (Lipinski definition) is 3. The zero-order chi connectivity index (χ0) is 10.7. The third-order valence-electron chi connectivity index (χ3n) is 1.83. The van der Waals surface area contributed by atoms with Crippen molar-refractivity contribution in [2.24, 2.45) is 0 Å². The smallest absolute Gasteiger partial charge is 0.326 e. The van der Waals surface area contributed by atoms with E-state index >= 15 is 0 Å².